The molecule has 1 rings (SSSR count). The zero-order valence-electron chi connectivity index (χ0n) is 8.46. The summed E-state index contributed by atoms with van der Waals surface area (Å²) in [7, 11) is 0. The second-order valence-corrected chi connectivity index (χ2v) is 2.95. The van der Waals surface area contributed by atoms with Gasteiger partial charge in [0.15, 0.2) is 5.76 Å². The molecule has 0 saturated heterocycles. The highest BCUT2D eigenvalue weighted by atomic mass is 35.5. The smallest absolute Gasteiger partial charge is 0.217 e. The lowest BCUT2D eigenvalue weighted by Crippen LogP contribution is -2.07. The summed E-state index contributed by atoms with van der Waals surface area (Å²) in [6, 6.07) is 3.65. The molecule has 0 amide bonds. The number of halogens is 1. The van der Waals surface area contributed by atoms with E-state index in [1.807, 2.05) is 26.0 Å². The molecular formula is C10H15ClO3. The Morgan fingerprint density at radius 3 is 2.36 bits per heavy atom. The molecule has 0 aromatic carbocycles. The summed E-state index contributed by atoms with van der Waals surface area (Å²) >= 11 is 5.62. The van der Waals surface area contributed by atoms with Gasteiger partial charge < -0.3 is 13.9 Å². The highest BCUT2D eigenvalue weighted by Crippen LogP contribution is 2.22. The van der Waals surface area contributed by atoms with E-state index in [4.69, 9.17) is 25.5 Å². The van der Waals surface area contributed by atoms with Crippen LogP contribution < -0.4 is 0 Å². The van der Waals surface area contributed by atoms with Crippen LogP contribution in [0.15, 0.2) is 16.5 Å². The fourth-order valence-corrected chi connectivity index (χ4v) is 1.25. The lowest BCUT2D eigenvalue weighted by atomic mass is 10.4. The third-order valence-corrected chi connectivity index (χ3v) is 1.95. The number of ether oxygens (including phenoxy) is 2. The molecule has 1 heterocycles. The Kier molecular flexibility index (Phi) is 5.01. The van der Waals surface area contributed by atoms with E-state index in [0.29, 0.717) is 24.9 Å². The second kappa shape index (κ2) is 6.06. The Bertz CT molecular complexity index is 254. The van der Waals surface area contributed by atoms with Crippen LogP contribution in [0.25, 0.3) is 0 Å². The molecule has 14 heavy (non-hydrogen) atoms. The van der Waals surface area contributed by atoms with Gasteiger partial charge in [-0.25, -0.2) is 0 Å². The normalized spacial score (nSPS) is 11.1. The van der Waals surface area contributed by atoms with Crippen LogP contribution in [0.3, 0.4) is 0 Å². The highest BCUT2D eigenvalue weighted by molar-refractivity contribution is 6.16. The van der Waals surface area contributed by atoms with Gasteiger partial charge in [-0.3, -0.25) is 0 Å². The predicted molar refractivity (Wildman–Crippen MR) is 54.3 cm³/mol. The maximum atomic E-state index is 5.62. The average Bonchev–Trinajstić information content (AvgIpc) is 2.65. The summed E-state index contributed by atoms with van der Waals surface area (Å²) < 4.78 is 16.2. The maximum Gasteiger partial charge on any atom is 0.217 e. The van der Waals surface area contributed by atoms with Gasteiger partial charge in [0.05, 0.1) is 5.88 Å². The van der Waals surface area contributed by atoms with Crippen molar-refractivity contribution >= 4 is 11.6 Å². The standard InChI is InChI=1S/C10H15ClO3/c1-3-12-10(13-4-2)9-6-5-8(7-11)14-9/h5-6,10H,3-4,7H2,1-2H3. The van der Waals surface area contributed by atoms with Crippen molar-refractivity contribution in [2.24, 2.45) is 0 Å². The molecule has 80 valence electrons. The van der Waals surface area contributed by atoms with Crippen molar-refractivity contribution in [2.75, 3.05) is 13.2 Å². The van der Waals surface area contributed by atoms with Crippen LogP contribution in [-0.4, -0.2) is 13.2 Å². The quantitative estimate of drug-likeness (QED) is 0.543. The van der Waals surface area contributed by atoms with Gasteiger partial charge in [0, 0.05) is 13.2 Å². The molecule has 1 aromatic heterocycles. The zero-order valence-corrected chi connectivity index (χ0v) is 9.21. The summed E-state index contributed by atoms with van der Waals surface area (Å²) in [5.74, 6) is 1.76. The molecule has 0 unspecified atom stereocenters. The molecule has 0 radical (unpaired) electrons. The summed E-state index contributed by atoms with van der Waals surface area (Å²) in [4.78, 5) is 0. The lowest BCUT2D eigenvalue weighted by molar-refractivity contribution is -0.150. The molecule has 0 aliphatic carbocycles. The summed E-state index contributed by atoms with van der Waals surface area (Å²) in [6.07, 6.45) is -0.415. The van der Waals surface area contributed by atoms with Gasteiger partial charge >= 0.3 is 0 Å². The van der Waals surface area contributed by atoms with Gasteiger partial charge in [0.2, 0.25) is 6.29 Å². The van der Waals surface area contributed by atoms with Crippen molar-refractivity contribution in [1.82, 2.24) is 0 Å². The van der Waals surface area contributed by atoms with Gasteiger partial charge in [0.1, 0.15) is 5.76 Å². The van der Waals surface area contributed by atoms with E-state index in [2.05, 4.69) is 0 Å². The minimum atomic E-state index is -0.415. The van der Waals surface area contributed by atoms with Crippen molar-refractivity contribution in [1.29, 1.82) is 0 Å². The first kappa shape index (κ1) is 11.6. The second-order valence-electron chi connectivity index (χ2n) is 2.68. The van der Waals surface area contributed by atoms with Crippen molar-refractivity contribution in [3.05, 3.63) is 23.7 Å². The molecule has 1 aromatic rings. The van der Waals surface area contributed by atoms with Crippen LogP contribution in [-0.2, 0) is 15.4 Å². The van der Waals surface area contributed by atoms with Crippen LogP contribution in [0, 0.1) is 0 Å². The third kappa shape index (κ3) is 3.01. The number of rotatable bonds is 6. The van der Waals surface area contributed by atoms with E-state index < -0.39 is 6.29 Å². The molecule has 0 N–H and O–H groups in total. The van der Waals surface area contributed by atoms with Gasteiger partial charge in [0.25, 0.3) is 0 Å². The molecular weight excluding hydrogens is 204 g/mol. The fourth-order valence-electron chi connectivity index (χ4n) is 1.11. The summed E-state index contributed by atoms with van der Waals surface area (Å²) in [6.45, 7) is 5.00. The van der Waals surface area contributed by atoms with E-state index >= 15 is 0 Å². The molecule has 3 nitrogen and oxygen atoms in total. The number of furan rings is 1. The molecule has 0 saturated carbocycles. The number of alkyl halides is 1. The summed E-state index contributed by atoms with van der Waals surface area (Å²) in [5, 5.41) is 0. The Labute approximate surface area is 88.9 Å². The van der Waals surface area contributed by atoms with Gasteiger partial charge in [-0.1, -0.05) is 0 Å². The van der Waals surface area contributed by atoms with Crippen molar-refractivity contribution in [3.63, 3.8) is 0 Å². The fraction of sp³-hybridized carbons (Fsp3) is 0.600. The largest absolute Gasteiger partial charge is 0.459 e. The number of hydrogen-bond acceptors (Lipinski definition) is 3. The van der Waals surface area contributed by atoms with E-state index in [0.717, 1.165) is 5.76 Å². The Morgan fingerprint density at radius 1 is 1.29 bits per heavy atom. The molecule has 0 fully saturated rings. The van der Waals surface area contributed by atoms with E-state index in [1.54, 1.807) is 0 Å². The van der Waals surface area contributed by atoms with Gasteiger partial charge in [-0.15, -0.1) is 11.6 Å². The van der Waals surface area contributed by atoms with E-state index in [-0.39, 0.29) is 0 Å². The minimum Gasteiger partial charge on any atom is -0.459 e. The molecule has 4 heteroatoms. The summed E-state index contributed by atoms with van der Waals surface area (Å²) in [5.41, 5.74) is 0. The lowest BCUT2D eigenvalue weighted by Gasteiger charge is -2.13. The van der Waals surface area contributed by atoms with Gasteiger partial charge in [-0.2, -0.15) is 0 Å². The first-order valence-electron chi connectivity index (χ1n) is 4.69. The van der Waals surface area contributed by atoms with E-state index in [1.165, 1.54) is 0 Å². The molecule has 0 spiro atoms. The zero-order chi connectivity index (χ0) is 10.4. The minimum absolute atomic E-state index is 0.366. The Hall–Kier alpha value is -0.510. The maximum absolute atomic E-state index is 5.62. The number of hydrogen-bond donors (Lipinski definition) is 0. The Morgan fingerprint density at radius 2 is 1.93 bits per heavy atom. The van der Waals surface area contributed by atoms with Crippen LogP contribution >= 0.6 is 11.6 Å². The van der Waals surface area contributed by atoms with Crippen LogP contribution in [0.1, 0.15) is 31.7 Å². The van der Waals surface area contributed by atoms with Crippen molar-refractivity contribution in [2.45, 2.75) is 26.0 Å². The van der Waals surface area contributed by atoms with Crippen LogP contribution in [0.5, 0.6) is 0 Å². The van der Waals surface area contributed by atoms with Crippen molar-refractivity contribution < 1.29 is 13.9 Å². The Balaban J connectivity index is 2.65. The molecule has 0 bridgehead atoms. The molecule has 0 aliphatic heterocycles. The van der Waals surface area contributed by atoms with Crippen LogP contribution in [0.4, 0.5) is 0 Å². The third-order valence-electron chi connectivity index (χ3n) is 1.68. The predicted octanol–water partition coefficient (Wildman–Crippen LogP) is 3.09. The highest BCUT2D eigenvalue weighted by Gasteiger charge is 2.15. The van der Waals surface area contributed by atoms with Crippen molar-refractivity contribution in [3.8, 4) is 0 Å². The monoisotopic (exact) mass is 218 g/mol. The SMILES string of the molecule is CCOC(OCC)c1ccc(CCl)o1. The van der Waals surface area contributed by atoms with E-state index in [9.17, 15) is 0 Å². The molecule has 0 atom stereocenters. The first-order chi connectivity index (χ1) is 6.81. The first-order valence-corrected chi connectivity index (χ1v) is 5.23. The molecule has 0 aliphatic rings. The van der Waals surface area contributed by atoms with Crippen LogP contribution in [0.2, 0.25) is 0 Å². The topological polar surface area (TPSA) is 31.6 Å². The average molecular weight is 219 g/mol. The van der Waals surface area contributed by atoms with Gasteiger partial charge in [-0.05, 0) is 26.0 Å².